The molecule has 138 valence electrons. The third-order valence-corrected chi connectivity index (χ3v) is 4.65. The van der Waals surface area contributed by atoms with Crippen molar-refractivity contribution in [2.45, 2.75) is 39.2 Å². The van der Waals surface area contributed by atoms with Crippen molar-refractivity contribution >= 4 is 35.4 Å². The minimum absolute atomic E-state index is 0.121. The van der Waals surface area contributed by atoms with Gasteiger partial charge in [0.25, 0.3) is 0 Å². The van der Waals surface area contributed by atoms with Crippen molar-refractivity contribution in [1.82, 2.24) is 10.1 Å². The zero-order chi connectivity index (χ0) is 18.2. The summed E-state index contributed by atoms with van der Waals surface area (Å²) < 4.78 is 9.92. The molecule has 1 aliphatic heterocycles. The van der Waals surface area contributed by atoms with Crippen molar-refractivity contribution < 1.29 is 23.6 Å². The van der Waals surface area contributed by atoms with E-state index in [1.807, 2.05) is 0 Å². The maximum absolute atomic E-state index is 12.4. The molecule has 0 saturated carbocycles. The molecule has 0 aliphatic carbocycles. The van der Waals surface area contributed by atoms with Crippen LogP contribution in [-0.2, 0) is 19.1 Å². The van der Waals surface area contributed by atoms with E-state index in [2.05, 4.69) is 10.5 Å². The summed E-state index contributed by atoms with van der Waals surface area (Å²) in [4.78, 5) is 37.8. The normalized spacial score (nSPS) is 17.2. The van der Waals surface area contributed by atoms with Gasteiger partial charge < -0.3 is 19.5 Å². The van der Waals surface area contributed by atoms with E-state index in [-0.39, 0.29) is 29.3 Å². The number of anilines is 1. The number of hydrogen-bond donors (Lipinski definition) is 1. The summed E-state index contributed by atoms with van der Waals surface area (Å²) in [5.74, 6) is 0.469. The molecule has 8 nitrogen and oxygen atoms in total. The number of thioether (sulfide) groups is 1. The Kier molecular flexibility index (Phi) is 7.30. The average Bonchev–Trinajstić information content (AvgIpc) is 2.99. The van der Waals surface area contributed by atoms with Crippen molar-refractivity contribution in [3.63, 3.8) is 0 Å². The molecule has 2 heterocycles. The second-order valence-electron chi connectivity index (χ2n) is 5.71. The highest BCUT2D eigenvalue weighted by molar-refractivity contribution is 8.00. The highest BCUT2D eigenvalue weighted by Gasteiger charge is 2.32. The lowest BCUT2D eigenvalue weighted by molar-refractivity contribution is -0.155. The van der Waals surface area contributed by atoms with Gasteiger partial charge in [0.15, 0.2) is 5.82 Å². The maximum Gasteiger partial charge on any atom is 0.328 e. The van der Waals surface area contributed by atoms with Crippen LogP contribution < -0.4 is 5.32 Å². The van der Waals surface area contributed by atoms with E-state index in [0.717, 1.165) is 12.8 Å². The summed E-state index contributed by atoms with van der Waals surface area (Å²) in [5, 5.41) is 6.27. The van der Waals surface area contributed by atoms with Gasteiger partial charge in [-0.05, 0) is 33.1 Å². The molecule has 1 aliphatic rings. The predicted octanol–water partition coefficient (Wildman–Crippen LogP) is 1.60. The van der Waals surface area contributed by atoms with Crippen LogP contribution in [0.1, 0.15) is 31.9 Å². The molecule has 0 bridgehead atoms. The number of rotatable bonds is 7. The van der Waals surface area contributed by atoms with Crippen LogP contribution in [0.25, 0.3) is 0 Å². The fourth-order valence-corrected chi connectivity index (χ4v) is 3.33. The summed E-state index contributed by atoms with van der Waals surface area (Å²) in [7, 11) is 0. The lowest BCUT2D eigenvalue weighted by atomic mass is 10.0. The molecule has 0 unspecified atom stereocenters. The number of amides is 2. The van der Waals surface area contributed by atoms with Crippen LogP contribution in [0.2, 0.25) is 0 Å². The van der Waals surface area contributed by atoms with Crippen LogP contribution in [0.5, 0.6) is 0 Å². The Labute approximate surface area is 150 Å². The van der Waals surface area contributed by atoms with Crippen molar-refractivity contribution in [3.8, 4) is 0 Å². The van der Waals surface area contributed by atoms with Gasteiger partial charge in [-0.3, -0.25) is 9.59 Å². The van der Waals surface area contributed by atoms with Crippen LogP contribution in [0.4, 0.5) is 5.82 Å². The third kappa shape index (κ3) is 5.77. The molecule has 0 radical (unpaired) electrons. The molecule has 2 rings (SSSR count). The first-order valence-corrected chi connectivity index (χ1v) is 9.43. The van der Waals surface area contributed by atoms with Crippen molar-refractivity contribution in [2.24, 2.45) is 0 Å². The van der Waals surface area contributed by atoms with Crippen molar-refractivity contribution in [3.05, 3.63) is 11.8 Å². The topological polar surface area (TPSA) is 102 Å². The van der Waals surface area contributed by atoms with Crippen LogP contribution in [0.3, 0.4) is 0 Å². The summed E-state index contributed by atoms with van der Waals surface area (Å²) in [6.07, 6.45) is 2.40. The Bertz CT molecular complexity index is 619. The largest absolute Gasteiger partial charge is 0.464 e. The molecule has 1 aromatic rings. The molecular formula is C16H23N3O5S. The Balaban J connectivity index is 1.77. The zero-order valence-corrected chi connectivity index (χ0v) is 15.3. The van der Waals surface area contributed by atoms with E-state index in [0.29, 0.717) is 31.2 Å². The number of hydrogen-bond acceptors (Lipinski definition) is 7. The van der Waals surface area contributed by atoms with E-state index < -0.39 is 6.04 Å². The van der Waals surface area contributed by atoms with Crippen LogP contribution in [0.15, 0.2) is 10.6 Å². The van der Waals surface area contributed by atoms with Gasteiger partial charge >= 0.3 is 5.97 Å². The second-order valence-corrected chi connectivity index (χ2v) is 6.70. The van der Waals surface area contributed by atoms with Gasteiger partial charge in [-0.25, -0.2) is 4.79 Å². The zero-order valence-electron chi connectivity index (χ0n) is 14.4. The first-order valence-electron chi connectivity index (χ1n) is 8.28. The number of carbonyl (C=O) groups is 3. The number of carbonyl (C=O) groups excluding carboxylic acids is 3. The quantitative estimate of drug-likeness (QED) is 0.728. The Morgan fingerprint density at radius 1 is 1.40 bits per heavy atom. The minimum Gasteiger partial charge on any atom is -0.464 e. The summed E-state index contributed by atoms with van der Waals surface area (Å²) in [5.41, 5.74) is 0. The number of aryl methyl sites for hydroxylation is 1. The predicted molar refractivity (Wildman–Crippen MR) is 93.2 cm³/mol. The molecule has 9 heteroatoms. The molecule has 0 aromatic carbocycles. The number of piperidine rings is 1. The molecular weight excluding hydrogens is 346 g/mol. The number of aromatic nitrogens is 1. The van der Waals surface area contributed by atoms with Gasteiger partial charge in [-0.1, -0.05) is 5.16 Å². The van der Waals surface area contributed by atoms with Crippen LogP contribution in [0, 0.1) is 6.92 Å². The van der Waals surface area contributed by atoms with E-state index >= 15 is 0 Å². The molecule has 1 fully saturated rings. The van der Waals surface area contributed by atoms with Gasteiger partial charge in [0.1, 0.15) is 11.8 Å². The Morgan fingerprint density at radius 3 is 2.88 bits per heavy atom. The van der Waals surface area contributed by atoms with Gasteiger partial charge in [0, 0.05) is 12.6 Å². The smallest absolute Gasteiger partial charge is 0.328 e. The standard InChI is InChI=1S/C16H23N3O5S/c1-3-23-16(22)12-6-4-5-7-19(12)15(21)10-25-9-14(20)17-13-8-11(2)24-18-13/h8,12H,3-7,9-10H2,1-2H3,(H,17,18,20)/t12-/m0/s1. The SMILES string of the molecule is CCOC(=O)[C@@H]1CCCCN1C(=O)CSCC(=O)Nc1cc(C)on1. The summed E-state index contributed by atoms with van der Waals surface area (Å²) >= 11 is 1.20. The molecule has 2 amide bonds. The van der Waals surface area contributed by atoms with Gasteiger partial charge in [0.2, 0.25) is 11.8 Å². The first kappa shape index (κ1) is 19.3. The number of likely N-dealkylation sites (tertiary alicyclic amines) is 1. The number of esters is 1. The molecule has 25 heavy (non-hydrogen) atoms. The average molecular weight is 369 g/mol. The molecule has 1 saturated heterocycles. The number of nitrogens with zero attached hydrogens (tertiary/aromatic N) is 2. The maximum atomic E-state index is 12.4. The fraction of sp³-hybridized carbons (Fsp3) is 0.625. The van der Waals surface area contributed by atoms with Gasteiger partial charge in [0.05, 0.1) is 18.1 Å². The lowest BCUT2D eigenvalue weighted by Gasteiger charge is -2.34. The summed E-state index contributed by atoms with van der Waals surface area (Å²) in [6.45, 7) is 4.33. The summed E-state index contributed by atoms with van der Waals surface area (Å²) in [6, 6.07) is 1.11. The van der Waals surface area contributed by atoms with E-state index in [1.165, 1.54) is 11.8 Å². The molecule has 1 N–H and O–H groups in total. The Morgan fingerprint density at radius 2 is 2.20 bits per heavy atom. The van der Waals surface area contributed by atoms with Crippen LogP contribution >= 0.6 is 11.8 Å². The molecule has 1 atom stereocenters. The van der Waals surface area contributed by atoms with Crippen molar-refractivity contribution in [1.29, 1.82) is 0 Å². The Hall–Kier alpha value is -2.03. The van der Waals surface area contributed by atoms with E-state index in [9.17, 15) is 14.4 Å². The van der Waals surface area contributed by atoms with Crippen LogP contribution in [-0.4, -0.2) is 58.5 Å². The van der Waals surface area contributed by atoms with E-state index in [1.54, 1.807) is 24.8 Å². The van der Waals surface area contributed by atoms with Gasteiger partial charge in [-0.2, -0.15) is 0 Å². The van der Waals surface area contributed by atoms with E-state index in [4.69, 9.17) is 9.26 Å². The molecule has 1 aromatic heterocycles. The highest BCUT2D eigenvalue weighted by atomic mass is 32.2. The monoisotopic (exact) mass is 369 g/mol. The second kappa shape index (κ2) is 9.45. The third-order valence-electron chi connectivity index (χ3n) is 3.74. The van der Waals surface area contributed by atoms with Gasteiger partial charge in [-0.15, -0.1) is 11.8 Å². The number of nitrogens with one attached hydrogen (secondary N) is 1. The van der Waals surface area contributed by atoms with Crippen molar-refractivity contribution in [2.75, 3.05) is 30.0 Å². The minimum atomic E-state index is -0.506. The lowest BCUT2D eigenvalue weighted by Crippen LogP contribution is -2.49. The molecule has 0 spiro atoms. The fourth-order valence-electron chi connectivity index (χ4n) is 2.63. The highest BCUT2D eigenvalue weighted by Crippen LogP contribution is 2.20. The number of ether oxygens (including phenoxy) is 1. The first-order chi connectivity index (χ1) is 12.0.